The second kappa shape index (κ2) is 9.58. The van der Waals surface area contributed by atoms with Gasteiger partial charge in [0.05, 0.1) is 0 Å². The Morgan fingerprint density at radius 2 is 2.18 bits per heavy atom. The molecule has 1 amide bonds. The smallest absolute Gasteiger partial charge is 0.246 e. The van der Waals surface area contributed by atoms with Gasteiger partial charge in [0.15, 0.2) is 5.96 Å². The van der Waals surface area contributed by atoms with Crippen LogP contribution in [-0.4, -0.2) is 47.9 Å². The van der Waals surface area contributed by atoms with E-state index in [1.54, 1.807) is 24.3 Å². The van der Waals surface area contributed by atoms with E-state index in [9.17, 15) is 4.79 Å². The zero-order valence-electron chi connectivity index (χ0n) is 12.1. The highest BCUT2D eigenvalue weighted by Gasteiger charge is 2.12. The summed E-state index contributed by atoms with van der Waals surface area (Å²) in [5.74, 6) is 4.84. The van der Waals surface area contributed by atoms with E-state index in [0.29, 0.717) is 11.6 Å². The summed E-state index contributed by atoms with van der Waals surface area (Å²) in [6.45, 7) is 1.77. The van der Waals surface area contributed by atoms with Crippen LogP contribution in [-0.2, 0) is 4.79 Å². The number of terminal acetylenes is 1. The van der Waals surface area contributed by atoms with Crippen LogP contribution in [0.2, 0.25) is 0 Å². The molecule has 0 bridgehead atoms. The molecule has 1 fully saturated rings. The molecule has 0 radical (unpaired) electrons. The fraction of sp³-hybridized carbons (Fsp3) is 0.333. The van der Waals surface area contributed by atoms with Crippen LogP contribution in [0.5, 0.6) is 0 Å². The number of nitrogens with zero attached hydrogens (tertiary/aromatic N) is 2. The molecule has 0 aliphatic carbocycles. The minimum absolute atomic E-state index is 0. The Morgan fingerprint density at radius 1 is 1.45 bits per heavy atom. The number of benzene rings is 1. The average Bonchev–Trinajstić information content (AvgIpc) is 2.53. The van der Waals surface area contributed by atoms with E-state index in [1.807, 2.05) is 16.7 Å². The Morgan fingerprint density at radius 3 is 2.86 bits per heavy atom. The largest absolute Gasteiger partial charge is 0.370 e. The van der Waals surface area contributed by atoms with Crippen LogP contribution in [0.4, 0.5) is 5.69 Å². The van der Waals surface area contributed by atoms with Gasteiger partial charge in [0, 0.05) is 35.8 Å². The monoisotopic (exact) mass is 430 g/mol. The highest BCUT2D eigenvalue weighted by atomic mass is 127. The van der Waals surface area contributed by atoms with Crippen molar-refractivity contribution in [2.24, 2.45) is 10.7 Å². The van der Waals surface area contributed by atoms with Crippen LogP contribution in [0.1, 0.15) is 5.56 Å². The van der Waals surface area contributed by atoms with Gasteiger partial charge in [0.2, 0.25) is 5.91 Å². The number of amides is 1. The molecule has 0 aromatic heterocycles. The quantitative estimate of drug-likeness (QED) is 0.331. The van der Waals surface area contributed by atoms with Gasteiger partial charge in [-0.05, 0) is 18.2 Å². The first-order chi connectivity index (χ1) is 10.2. The Hall–Kier alpha value is -1.40. The third kappa shape index (κ3) is 5.77. The Balaban J connectivity index is 0.00000242. The number of rotatable bonds is 3. The van der Waals surface area contributed by atoms with Crippen LogP contribution in [0, 0.1) is 12.3 Å². The fourth-order valence-corrected chi connectivity index (χ4v) is 2.84. The number of carbonyl (C=O) groups is 1. The lowest BCUT2D eigenvalue weighted by Crippen LogP contribution is -2.43. The summed E-state index contributed by atoms with van der Waals surface area (Å²) in [4.78, 5) is 18.0. The third-order valence-corrected chi connectivity index (χ3v) is 3.98. The summed E-state index contributed by atoms with van der Waals surface area (Å²) in [6.07, 6.45) is 5.32. The predicted octanol–water partition coefficient (Wildman–Crippen LogP) is 1.59. The number of halogens is 1. The molecule has 0 saturated carbocycles. The Labute approximate surface area is 152 Å². The number of carbonyl (C=O) groups excluding carboxylic acids is 1. The zero-order chi connectivity index (χ0) is 15.1. The third-order valence-electron chi connectivity index (χ3n) is 3.03. The molecule has 1 aromatic rings. The van der Waals surface area contributed by atoms with Gasteiger partial charge >= 0.3 is 0 Å². The number of hydrogen-bond acceptors (Lipinski definition) is 3. The molecule has 3 N–H and O–H groups in total. The van der Waals surface area contributed by atoms with Crippen LogP contribution in [0.25, 0.3) is 0 Å². The lowest BCUT2D eigenvalue weighted by molar-refractivity contribution is -0.114. The second-order valence-corrected chi connectivity index (χ2v) is 5.77. The van der Waals surface area contributed by atoms with Gasteiger partial charge in [-0.25, -0.2) is 4.99 Å². The lowest BCUT2D eigenvalue weighted by Gasteiger charge is -2.27. The molecule has 118 valence electrons. The van der Waals surface area contributed by atoms with E-state index >= 15 is 0 Å². The van der Waals surface area contributed by atoms with Crippen LogP contribution < -0.4 is 11.1 Å². The van der Waals surface area contributed by atoms with E-state index in [0.717, 1.165) is 30.2 Å². The van der Waals surface area contributed by atoms with Crippen molar-refractivity contribution in [3.8, 4) is 12.3 Å². The van der Waals surface area contributed by atoms with Crippen molar-refractivity contribution in [1.82, 2.24) is 4.90 Å². The molecule has 0 unspecified atom stereocenters. The topological polar surface area (TPSA) is 70.7 Å². The van der Waals surface area contributed by atoms with E-state index < -0.39 is 0 Å². The summed E-state index contributed by atoms with van der Waals surface area (Å²) >= 11 is 1.90. The number of nitrogens with two attached hydrogens (primary N) is 1. The number of nitrogens with one attached hydrogen (secondary N) is 1. The molecule has 1 heterocycles. The molecule has 1 saturated heterocycles. The van der Waals surface area contributed by atoms with Gasteiger partial charge in [-0.3, -0.25) is 4.79 Å². The van der Waals surface area contributed by atoms with Crippen molar-refractivity contribution in [1.29, 1.82) is 0 Å². The zero-order valence-corrected chi connectivity index (χ0v) is 15.3. The summed E-state index contributed by atoms with van der Waals surface area (Å²) in [5.41, 5.74) is 7.28. The number of anilines is 1. The minimum atomic E-state index is -0.210. The van der Waals surface area contributed by atoms with Crippen molar-refractivity contribution < 1.29 is 4.79 Å². The molecular formula is C15H19IN4OS. The van der Waals surface area contributed by atoms with Gasteiger partial charge in [-0.1, -0.05) is 12.0 Å². The van der Waals surface area contributed by atoms with E-state index in [4.69, 9.17) is 12.2 Å². The summed E-state index contributed by atoms with van der Waals surface area (Å²) in [5, 5.41) is 2.76. The van der Waals surface area contributed by atoms with Crippen molar-refractivity contribution >= 4 is 53.3 Å². The minimum Gasteiger partial charge on any atom is -0.370 e. The fourth-order valence-electron chi connectivity index (χ4n) is 1.93. The van der Waals surface area contributed by atoms with Crippen LogP contribution >= 0.6 is 35.7 Å². The normalized spacial score (nSPS) is 14.7. The molecule has 7 heteroatoms. The van der Waals surface area contributed by atoms with Gasteiger partial charge in [0.25, 0.3) is 0 Å². The predicted molar refractivity (Wildman–Crippen MR) is 104 cm³/mol. The molecule has 2 rings (SSSR count). The second-order valence-electron chi connectivity index (χ2n) is 4.55. The molecule has 1 aromatic carbocycles. The Kier molecular flexibility index (Phi) is 8.12. The van der Waals surface area contributed by atoms with Gasteiger partial charge in [-0.2, -0.15) is 11.8 Å². The summed E-state index contributed by atoms with van der Waals surface area (Å²) in [7, 11) is 0. The highest BCUT2D eigenvalue weighted by molar-refractivity contribution is 14.0. The maximum absolute atomic E-state index is 11.9. The highest BCUT2D eigenvalue weighted by Crippen LogP contribution is 2.10. The molecule has 1 aliphatic rings. The standard InChI is InChI=1S/C15H18N4OS.HI/c1-2-12-4-3-5-13(10-12)18-14(20)11-17-15(16)19-6-8-21-9-7-19;/h1,3-5,10H,6-9,11H2,(H2,16,17)(H,18,20);1H. The Bertz CT molecular complexity index is 579. The van der Waals surface area contributed by atoms with Gasteiger partial charge < -0.3 is 16.0 Å². The van der Waals surface area contributed by atoms with Gasteiger partial charge in [-0.15, -0.1) is 30.4 Å². The summed E-state index contributed by atoms with van der Waals surface area (Å²) in [6, 6.07) is 7.13. The molecule has 0 atom stereocenters. The van der Waals surface area contributed by atoms with Crippen molar-refractivity contribution in [3.63, 3.8) is 0 Å². The van der Waals surface area contributed by atoms with Crippen molar-refractivity contribution in [2.75, 3.05) is 36.5 Å². The first kappa shape index (κ1) is 18.6. The molecule has 1 aliphatic heterocycles. The number of aliphatic imine (C=N–C) groups is 1. The first-order valence-corrected chi connectivity index (χ1v) is 7.83. The number of thioether (sulfide) groups is 1. The van der Waals surface area contributed by atoms with Crippen molar-refractivity contribution in [3.05, 3.63) is 29.8 Å². The van der Waals surface area contributed by atoms with E-state index in [-0.39, 0.29) is 36.4 Å². The maximum atomic E-state index is 11.9. The number of hydrogen-bond donors (Lipinski definition) is 2. The maximum Gasteiger partial charge on any atom is 0.246 e. The molecule has 5 nitrogen and oxygen atoms in total. The van der Waals surface area contributed by atoms with Crippen LogP contribution in [0.15, 0.2) is 29.3 Å². The van der Waals surface area contributed by atoms with Crippen molar-refractivity contribution in [2.45, 2.75) is 0 Å². The summed E-state index contributed by atoms with van der Waals surface area (Å²) < 4.78 is 0. The first-order valence-electron chi connectivity index (χ1n) is 6.68. The van der Waals surface area contributed by atoms with E-state index in [1.165, 1.54) is 0 Å². The average molecular weight is 430 g/mol. The lowest BCUT2D eigenvalue weighted by atomic mass is 10.2. The number of guanidine groups is 1. The van der Waals surface area contributed by atoms with Gasteiger partial charge in [0.1, 0.15) is 6.54 Å². The SMILES string of the molecule is C#Cc1cccc(NC(=O)CN=C(N)N2CCSCC2)c1.I. The molecule has 22 heavy (non-hydrogen) atoms. The van der Waals surface area contributed by atoms with E-state index in [2.05, 4.69) is 16.2 Å². The molecule has 0 spiro atoms. The molecular weight excluding hydrogens is 411 g/mol. The van der Waals surface area contributed by atoms with Crippen LogP contribution in [0.3, 0.4) is 0 Å².